The highest BCUT2D eigenvalue weighted by molar-refractivity contribution is 6.00. The van der Waals surface area contributed by atoms with E-state index in [-0.39, 0.29) is 30.5 Å². The van der Waals surface area contributed by atoms with E-state index in [1.54, 1.807) is 30.2 Å². The summed E-state index contributed by atoms with van der Waals surface area (Å²) < 4.78 is 33.6. The molecule has 0 heterocycles. The Hall–Kier alpha value is -3.82. The number of halogens is 2. The van der Waals surface area contributed by atoms with Gasteiger partial charge in [-0.3, -0.25) is 9.59 Å². The molecule has 0 aliphatic heterocycles. The highest BCUT2D eigenvalue weighted by atomic mass is 19.1. The molecule has 9 heteroatoms. The number of hydrogen-bond donors (Lipinski definition) is 3. The molecule has 3 atom stereocenters. The maximum atomic E-state index is 14.1. The second-order valence-corrected chi connectivity index (χ2v) is 11.9. The van der Waals surface area contributed by atoms with Crippen LogP contribution < -0.4 is 15.4 Å². The van der Waals surface area contributed by atoms with Crippen molar-refractivity contribution in [3.05, 3.63) is 99.6 Å². The molecule has 3 N–H and O–H groups in total. The predicted octanol–water partition coefficient (Wildman–Crippen LogP) is 5.91. The molecule has 4 rings (SSSR count). The Morgan fingerprint density at radius 1 is 1.00 bits per heavy atom. The van der Waals surface area contributed by atoms with Crippen molar-refractivity contribution in [1.29, 1.82) is 0 Å². The Labute approximate surface area is 265 Å². The zero-order valence-electron chi connectivity index (χ0n) is 26.7. The molecule has 0 saturated carbocycles. The molecule has 3 unspecified atom stereocenters. The van der Waals surface area contributed by atoms with E-state index < -0.39 is 29.7 Å². The standard InChI is InChI=1S/C36H45F2N3O4/c1-5-12-41(13-6-2)36(44)27-15-23(3)14-26(19-27)35(43)40-33(18-24-16-28(37)20-29(38)17-24)34(42)22-39-32-9-7-8-25-10-11-30(45-4)21-31(25)32/h10-11,14-17,19-21,32-34,39,42H,5-9,12-13,18,22H2,1-4H3,(H,40,43). The predicted molar refractivity (Wildman–Crippen MR) is 172 cm³/mol. The maximum Gasteiger partial charge on any atom is 0.253 e. The lowest BCUT2D eigenvalue weighted by molar-refractivity contribution is 0.0755. The normalized spacial score (nSPS) is 15.6. The average Bonchev–Trinajstić information content (AvgIpc) is 3.01. The van der Waals surface area contributed by atoms with Gasteiger partial charge in [-0.2, -0.15) is 0 Å². The summed E-state index contributed by atoms with van der Waals surface area (Å²) in [4.78, 5) is 28.7. The van der Waals surface area contributed by atoms with Crippen molar-refractivity contribution in [3.63, 3.8) is 0 Å². The van der Waals surface area contributed by atoms with E-state index >= 15 is 0 Å². The third kappa shape index (κ3) is 9.11. The van der Waals surface area contributed by atoms with Crippen LogP contribution in [-0.4, -0.2) is 60.7 Å². The summed E-state index contributed by atoms with van der Waals surface area (Å²) in [5.74, 6) is -1.34. The molecule has 2 amide bonds. The molecule has 3 aromatic rings. The maximum absolute atomic E-state index is 14.1. The van der Waals surface area contributed by atoms with Crippen LogP contribution in [0.2, 0.25) is 0 Å². The van der Waals surface area contributed by atoms with E-state index in [1.807, 2.05) is 32.9 Å². The van der Waals surface area contributed by atoms with Crippen LogP contribution in [-0.2, 0) is 12.8 Å². The van der Waals surface area contributed by atoms with Crippen LogP contribution in [0.25, 0.3) is 0 Å². The fourth-order valence-electron chi connectivity index (χ4n) is 6.11. The number of nitrogens with zero attached hydrogens (tertiary/aromatic N) is 1. The van der Waals surface area contributed by atoms with Gasteiger partial charge in [-0.05, 0) is 110 Å². The van der Waals surface area contributed by atoms with Crippen molar-refractivity contribution in [2.75, 3.05) is 26.7 Å². The number of rotatable bonds is 14. The molecule has 0 spiro atoms. The summed E-state index contributed by atoms with van der Waals surface area (Å²) in [6.45, 7) is 7.21. The number of benzene rings is 3. The Morgan fingerprint density at radius 3 is 2.36 bits per heavy atom. The van der Waals surface area contributed by atoms with Gasteiger partial charge < -0.3 is 25.4 Å². The van der Waals surface area contributed by atoms with Crippen LogP contribution in [0.5, 0.6) is 5.75 Å². The zero-order valence-corrected chi connectivity index (χ0v) is 26.7. The van der Waals surface area contributed by atoms with Crippen LogP contribution in [0, 0.1) is 18.6 Å². The lowest BCUT2D eigenvalue weighted by atomic mass is 9.87. The summed E-state index contributed by atoms with van der Waals surface area (Å²) in [5, 5.41) is 17.8. The van der Waals surface area contributed by atoms with Crippen molar-refractivity contribution >= 4 is 11.8 Å². The fraction of sp³-hybridized carbons (Fsp3) is 0.444. The lowest BCUT2D eigenvalue weighted by Crippen LogP contribution is -2.49. The molecule has 0 saturated heterocycles. The molecule has 45 heavy (non-hydrogen) atoms. The quantitative estimate of drug-likeness (QED) is 0.208. The Balaban J connectivity index is 1.56. The lowest BCUT2D eigenvalue weighted by Gasteiger charge is -2.30. The number of methoxy groups -OCH3 is 1. The number of aliphatic hydroxyl groups excluding tert-OH is 1. The van der Waals surface area contributed by atoms with Gasteiger partial charge in [0.1, 0.15) is 17.4 Å². The number of hydrogen-bond acceptors (Lipinski definition) is 5. The molecule has 3 aromatic carbocycles. The summed E-state index contributed by atoms with van der Waals surface area (Å²) in [5.41, 5.74) is 4.07. The Kier molecular flexibility index (Phi) is 12.1. The van der Waals surface area contributed by atoms with E-state index in [9.17, 15) is 23.5 Å². The van der Waals surface area contributed by atoms with Crippen LogP contribution in [0.3, 0.4) is 0 Å². The first kappa shape index (κ1) is 34.1. The van der Waals surface area contributed by atoms with Crippen LogP contribution in [0.4, 0.5) is 8.78 Å². The molecule has 242 valence electrons. The first-order valence-corrected chi connectivity index (χ1v) is 15.9. The van der Waals surface area contributed by atoms with Crippen LogP contribution >= 0.6 is 0 Å². The molecule has 1 aliphatic carbocycles. The topological polar surface area (TPSA) is 90.9 Å². The summed E-state index contributed by atoms with van der Waals surface area (Å²) in [6, 6.07) is 13.3. The summed E-state index contributed by atoms with van der Waals surface area (Å²) in [6.07, 6.45) is 3.35. The Morgan fingerprint density at radius 2 is 1.69 bits per heavy atom. The zero-order chi connectivity index (χ0) is 32.5. The van der Waals surface area contributed by atoms with Crippen molar-refractivity contribution in [2.24, 2.45) is 0 Å². The average molecular weight is 622 g/mol. The van der Waals surface area contributed by atoms with E-state index in [2.05, 4.69) is 16.7 Å². The highest BCUT2D eigenvalue weighted by Gasteiger charge is 2.27. The number of fused-ring (bicyclic) bond motifs is 1. The first-order valence-electron chi connectivity index (χ1n) is 15.9. The number of aryl methyl sites for hydroxylation is 2. The number of carbonyl (C=O) groups excluding carboxylic acids is 2. The Bertz CT molecular complexity index is 1450. The van der Waals surface area contributed by atoms with Gasteiger partial charge in [0, 0.05) is 42.9 Å². The monoisotopic (exact) mass is 621 g/mol. The minimum atomic E-state index is -1.09. The smallest absolute Gasteiger partial charge is 0.253 e. The summed E-state index contributed by atoms with van der Waals surface area (Å²) in [7, 11) is 1.62. The van der Waals surface area contributed by atoms with Gasteiger partial charge >= 0.3 is 0 Å². The summed E-state index contributed by atoms with van der Waals surface area (Å²) >= 11 is 0. The third-order valence-electron chi connectivity index (χ3n) is 8.26. The molecule has 0 bridgehead atoms. The van der Waals surface area contributed by atoms with E-state index in [4.69, 9.17) is 4.74 Å². The number of aliphatic hydroxyl groups is 1. The first-order chi connectivity index (χ1) is 21.6. The SMILES string of the molecule is CCCN(CCC)C(=O)c1cc(C)cc(C(=O)NC(Cc2cc(F)cc(F)c2)C(O)CNC2CCCc3ccc(OC)cc32)c1. The van der Waals surface area contributed by atoms with Gasteiger partial charge in [-0.15, -0.1) is 0 Å². The molecule has 0 radical (unpaired) electrons. The highest BCUT2D eigenvalue weighted by Crippen LogP contribution is 2.32. The number of carbonyl (C=O) groups is 2. The van der Waals surface area contributed by atoms with Gasteiger partial charge in [-0.1, -0.05) is 19.9 Å². The third-order valence-corrected chi connectivity index (χ3v) is 8.26. The minimum Gasteiger partial charge on any atom is -0.497 e. The van der Waals surface area contributed by atoms with Crippen molar-refractivity contribution in [1.82, 2.24) is 15.5 Å². The molecule has 7 nitrogen and oxygen atoms in total. The van der Waals surface area contributed by atoms with Crippen LogP contribution in [0.15, 0.2) is 54.6 Å². The number of nitrogens with one attached hydrogen (secondary N) is 2. The molecule has 0 aromatic heterocycles. The van der Waals surface area contributed by atoms with Gasteiger partial charge in [-0.25, -0.2) is 8.78 Å². The van der Waals surface area contributed by atoms with E-state index in [0.29, 0.717) is 24.2 Å². The van der Waals surface area contributed by atoms with Gasteiger partial charge in [0.2, 0.25) is 0 Å². The number of ether oxygens (including phenoxy) is 1. The minimum absolute atomic E-state index is 0.00325. The van der Waals surface area contributed by atoms with Crippen molar-refractivity contribution < 1.29 is 28.2 Å². The molecular weight excluding hydrogens is 576 g/mol. The van der Waals surface area contributed by atoms with Crippen LogP contribution in [0.1, 0.15) is 88.5 Å². The van der Waals surface area contributed by atoms with Gasteiger partial charge in [0.15, 0.2) is 0 Å². The van der Waals surface area contributed by atoms with E-state index in [0.717, 1.165) is 55.0 Å². The van der Waals surface area contributed by atoms with Gasteiger partial charge in [0.25, 0.3) is 11.8 Å². The second kappa shape index (κ2) is 16.0. The molecule has 1 aliphatic rings. The number of amides is 2. The molecular formula is C36H45F2N3O4. The fourth-order valence-corrected chi connectivity index (χ4v) is 6.11. The van der Waals surface area contributed by atoms with E-state index in [1.165, 1.54) is 17.7 Å². The second-order valence-electron chi connectivity index (χ2n) is 11.9. The van der Waals surface area contributed by atoms with Crippen molar-refractivity contribution in [2.45, 2.75) is 77.5 Å². The van der Waals surface area contributed by atoms with Gasteiger partial charge in [0.05, 0.1) is 19.3 Å². The van der Waals surface area contributed by atoms with Crippen molar-refractivity contribution in [3.8, 4) is 5.75 Å². The molecule has 0 fully saturated rings. The largest absolute Gasteiger partial charge is 0.497 e.